The topological polar surface area (TPSA) is 83.8 Å². The van der Waals surface area contributed by atoms with Crippen LogP contribution in [0, 0.1) is 25.5 Å². The summed E-state index contributed by atoms with van der Waals surface area (Å²) in [7, 11) is 0. The smallest absolute Gasteiger partial charge is 0.259 e. The molecule has 0 saturated carbocycles. The number of nitrogen functional groups attached to an aromatic ring is 1. The molecule has 1 amide bonds. The van der Waals surface area contributed by atoms with E-state index in [0.29, 0.717) is 11.8 Å². The molecule has 2 aromatic rings. The third kappa shape index (κ3) is 2.40. The number of benzene rings is 1. The van der Waals surface area contributed by atoms with Crippen LogP contribution in [0.3, 0.4) is 0 Å². The number of aromatic nitrogens is 2. The first kappa shape index (κ1) is 13.0. The molecule has 7 heteroatoms. The van der Waals surface area contributed by atoms with Gasteiger partial charge in [-0.15, -0.1) is 0 Å². The number of hydrogen-bond acceptors (Lipinski definition) is 3. The van der Waals surface area contributed by atoms with Crippen molar-refractivity contribution >= 4 is 17.4 Å². The Hall–Kier alpha value is -2.44. The Labute approximate surface area is 107 Å². The second-order valence-corrected chi connectivity index (χ2v) is 4.15. The predicted molar refractivity (Wildman–Crippen MR) is 66.8 cm³/mol. The van der Waals surface area contributed by atoms with Gasteiger partial charge in [-0.05, 0) is 25.5 Å². The number of rotatable bonds is 2. The minimum atomic E-state index is -0.938. The third-order valence-electron chi connectivity index (χ3n) is 2.72. The van der Waals surface area contributed by atoms with E-state index in [4.69, 9.17) is 5.73 Å². The zero-order valence-electron chi connectivity index (χ0n) is 10.3. The van der Waals surface area contributed by atoms with Crippen molar-refractivity contribution in [3.8, 4) is 0 Å². The lowest BCUT2D eigenvalue weighted by atomic mass is 10.1. The molecule has 5 nitrogen and oxygen atoms in total. The van der Waals surface area contributed by atoms with Crippen molar-refractivity contribution in [3.63, 3.8) is 0 Å². The average Bonchev–Trinajstić information content (AvgIpc) is 2.65. The Morgan fingerprint density at radius 3 is 2.58 bits per heavy atom. The molecule has 0 atom stereocenters. The van der Waals surface area contributed by atoms with Gasteiger partial charge >= 0.3 is 0 Å². The predicted octanol–water partition coefficient (Wildman–Crippen LogP) is 2.14. The van der Waals surface area contributed by atoms with Crippen LogP contribution in [0.4, 0.5) is 20.3 Å². The molecule has 100 valence electrons. The molecule has 0 fully saturated rings. The number of anilines is 2. The minimum absolute atomic E-state index is 0.115. The third-order valence-corrected chi connectivity index (χ3v) is 2.72. The molecule has 0 aliphatic rings. The van der Waals surface area contributed by atoms with Crippen LogP contribution in [-0.2, 0) is 0 Å². The molecule has 1 aromatic heterocycles. The fraction of sp³-hybridized carbons (Fsp3) is 0.167. The van der Waals surface area contributed by atoms with Gasteiger partial charge in [0, 0.05) is 6.07 Å². The quantitative estimate of drug-likeness (QED) is 0.778. The zero-order valence-corrected chi connectivity index (χ0v) is 10.3. The van der Waals surface area contributed by atoms with Gasteiger partial charge in [-0.1, -0.05) is 0 Å². The number of H-pyrrole nitrogens is 1. The normalized spacial score (nSPS) is 10.5. The summed E-state index contributed by atoms with van der Waals surface area (Å²) in [5, 5.41) is 8.72. The lowest BCUT2D eigenvalue weighted by molar-refractivity contribution is 0.102. The maximum Gasteiger partial charge on any atom is 0.259 e. The molecule has 1 heterocycles. The maximum absolute atomic E-state index is 13.5. The molecule has 0 spiro atoms. The van der Waals surface area contributed by atoms with Crippen LogP contribution >= 0.6 is 0 Å². The van der Waals surface area contributed by atoms with Crippen LogP contribution in [0.1, 0.15) is 21.6 Å². The summed E-state index contributed by atoms with van der Waals surface area (Å²) < 4.78 is 26.6. The summed E-state index contributed by atoms with van der Waals surface area (Å²) in [6.45, 7) is 3.12. The standard InChI is InChI=1S/C12H12F2N4O/c1-5-3-7(9(14)4-8(5)13)12(19)16-11-10(15)6(2)17-18-11/h3-4H,15H2,1-2H3,(H2,16,17,18,19). The van der Waals surface area contributed by atoms with E-state index in [1.165, 1.54) is 6.92 Å². The Morgan fingerprint density at radius 2 is 2.00 bits per heavy atom. The molecule has 0 aliphatic carbocycles. The van der Waals surface area contributed by atoms with Crippen molar-refractivity contribution in [3.05, 3.63) is 40.6 Å². The van der Waals surface area contributed by atoms with E-state index in [9.17, 15) is 13.6 Å². The second-order valence-electron chi connectivity index (χ2n) is 4.15. The van der Waals surface area contributed by atoms with Crippen molar-refractivity contribution in [2.45, 2.75) is 13.8 Å². The second kappa shape index (κ2) is 4.68. The molecule has 0 saturated heterocycles. The van der Waals surface area contributed by atoms with Gasteiger partial charge in [-0.25, -0.2) is 8.78 Å². The first-order chi connectivity index (χ1) is 8.90. The van der Waals surface area contributed by atoms with Gasteiger partial charge < -0.3 is 11.1 Å². The lowest BCUT2D eigenvalue weighted by Crippen LogP contribution is -2.15. The van der Waals surface area contributed by atoms with Crippen LogP contribution < -0.4 is 11.1 Å². The first-order valence-electron chi connectivity index (χ1n) is 5.47. The molecule has 0 aliphatic heterocycles. The molecular formula is C12H12F2N4O. The van der Waals surface area contributed by atoms with Crippen LogP contribution in [0.5, 0.6) is 0 Å². The maximum atomic E-state index is 13.5. The monoisotopic (exact) mass is 266 g/mol. The van der Waals surface area contributed by atoms with Gasteiger partial charge in [0.25, 0.3) is 5.91 Å². The Kier molecular flexibility index (Phi) is 3.20. The van der Waals surface area contributed by atoms with E-state index in [1.807, 2.05) is 0 Å². The Morgan fingerprint density at radius 1 is 1.32 bits per heavy atom. The van der Waals surface area contributed by atoms with Crippen LogP contribution in [-0.4, -0.2) is 16.1 Å². The van der Waals surface area contributed by atoms with E-state index in [-0.39, 0.29) is 22.6 Å². The fourth-order valence-electron chi connectivity index (χ4n) is 1.54. The largest absolute Gasteiger partial charge is 0.394 e. The number of halogens is 2. The summed E-state index contributed by atoms with van der Waals surface area (Å²) in [5.74, 6) is -2.27. The van der Waals surface area contributed by atoms with Gasteiger partial charge in [-0.2, -0.15) is 5.10 Å². The van der Waals surface area contributed by atoms with E-state index in [2.05, 4.69) is 15.5 Å². The van der Waals surface area contributed by atoms with Crippen molar-refractivity contribution in [2.24, 2.45) is 0 Å². The van der Waals surface area contributed by atoms with Gasteiger partial charge in [0.15, 0.2) is 5.82 Å². The van der Waals surface area contributed by atoms with Crippen LogP contribution in [0.15, 0.2) is 12.1 Å². The van der Waals surface area contributed by atoms with Crippen molar-refractivity contribution in [1.82, 2.24) is 10.2 Å². The molecule has 4 N–H and O–H groups in total. The van der Waals surface area contributed by atoms with Crippen LogP contribution in [0.25, 0.3) is 0 Å². The van der Waals surface area contributed by atoms with Gasteiger partial charge in [0.1, 0.15) is 11.6 Å². The summed E-state index contributed by atoms with van der Waals surface area (Å²) in [6.07, 6.45) is 0. The molecular weight excluding hydrogens is 254 g/mol. The zero-order chi connectivity index (χ0) is 14.2. The summed E-state index contributed by atoms with van der Waals surface area (Å²) >= 11 is 0. The number of carbonyl (C=O) groups excluding carboxylic acids is 1. The molecule has 1 aromatic carbocycles. The highest BCUT2D eigenvalue weighted by atomic mass is 19.1. The number of aryl methyl sites for hydroxylation is 2. The van der Waals surface area contributed by atoms with Crippen molar-refractivity contribution < 1.29 is 13.6 Å². The SMILES string of the molecule is Cc1cc(C(=O)Nc2n[nH]c(C)c2N)c(F)cc1F. The number of amides is 1. The highest BCUT2D eigenvalue weighted by Crippen LogP contribution is 2.20. The van der Waals surface area contributed by atoms with Crippen molar-refractivity contribution in [1.29, 1.82) is 0 Å². The summed E-state index contributed by atoms with van der Waals surface area (Å²) in [5.41, 5.74) is 6.43. The first-order valence-corrected chi connectivity index (χ1v) is 5.47. The van der Waals surface area contributed by atoms with Gasteiger partial charge in [-0.3, -0.25) is 9.89 Å². The number of nitrogens with zero attached hydrogens (tertiary/aromatic N) is 1. The average molecular weight is 266 g/mol. The lowest BCUT2D eigenvalue weighted by Gasteiger charge is -2.06. The fourth-order valence-corrected chi connectivity index (χ4v) is 1.54. The number of aromatic amines is 1. The van der Waals surface area contributed by atoms with Crippen molar-refractivity contribution in [2.75, 3.05) is 11.1 Å². The van der Waals surface area contributed by atoms with E-state index >= 15 is 0 Å². The number of nitrogens with two attached hydrogens (primary N) is 1. The molecule has 19 heavy (non-hydrogen) atoms. The van der Waals surface area contributed by atoms with E-state index < -0.39 is 17.5 Å². The molecule has 0 unspecified atom stereocenters. The van der Waals surface area contributed by atoms with Gasteiger partial charge in [0.2, 0.25) is 0 Å². The minimum Gasteiger partial charge on any atom is -0.394 e. The molecule has 0 radical (unpaired) electrons. The van der Waals surface area contributed by atoms with Gasteiger partial charge in [0.05, 0.1) is 16.9 Å². The number of hydrogen-bond donors (Lipinski definition) is 3. The molecule has 2 rings (SSSR count). The Bertz CT molecular complexity index is 651. The summed E-state index contributed by atoms with van der Waals surface area (Å²) in [4.78, 5) is 11.9. The Balaban J connectivity index is 2.30. The van der Waals surface area contributed by atoms with Crippen LogP contribution in [0.2, 0.25) is 0 Å². The van der Waals surface area contributed by atoms with E-state index in [1.54, 1.807) is 6.92 Å². The highest BCUT2D eigenvalue weighted by molar-refractivity contribution is 6.05. The number of carbonyl (C=O) groups is 1. The molecule has 0 bridgehead atoms. The number of nitrogens with one attached hydrogen (secondary N) is 2. The highest BCUT2D eigenvalue weighted by Gasteiger charge is 2.17. The van der Waals surface area contributed by atoms with E-state index in [0.717, 1.165) is 6.07 Å². The summed E-state index contributed by atoms with van der Waals surface area (Å²) in [6, 6.07) is 1.80.